The molecule has 3 aromatic rings. The maximum Gasteiger partial charge on any atom is 0.253 e. The highest BCUT2D eigenvalue weighted by Crippen LogP contribution is 2.31. The molecule has 1 aliphatic rings. The van der Waals surface area contributed by atoms with Crippen molar-refractivity contribution in [2.24, 2.45) is 0 Å². The minimum absolute atomic E-state index is 0.00571. The van der Waals surface area contributed by atoms with Crippen molar-refractivity contribution >= 4 is 33.0 Å². The number of thiophene rings is 1. The second-order valence-corrected chi connectivity index (χ2v) is 9.62. The Hall–Kier alpha value is -2.62. The lowest BCUT2D eigenvalue weighted by molar-refractivity contribution is -0.120. The van der Waals surface area contributed by atoms with Gasteiger partial charge in [-0.25, -0.2) is 17.2 Å². The van der Waals surface area contributed by atoms with Crippen molar-refractivity contribution in [3.8, 4) is 0 Å². The van der Waals surface area contributed by atoms with Crippen molar-refractivity contribution in [2.75, 3.05) is 5.32 Å². The first-order valence-electron chi connectivity index (χ1n) is 8.75. The number of para-hydroxylation sites is 1. The summed E-state index contributed by atoms with van der Waals surface area (Å²) >= 11 is 1.05. The Balaban J connectivity index is 1.73. The molecule has 0 radical (unpaired) electrons. The first-order valence-corrected chi connectivity index (χ1v) is 11.1. The van der Waals surface area contributed by atoms with Gasteiger partial charge in [-0.1, -0.05) is 36.4 Å². The quantitative estimate of drug-likeness (QED) is 0.680. The first-order chi connectivity index (χ1) is 13.9. The number of halogens is 2. The normalized spacial score (nSPS) is 17.0. The molecule has 0 saturated heterocycles. The second kappa shape index (κ2) is 7.66. The van der Waals surface area contributed by atoms with Crippen LogP contribution in [-0.4, -0.2) is 24.7 Å². The molecule has 5 nitrogen and oxygen atoms in total. The highest BCUT2D eigenvalue weighted by atomic mass is 32.2. The molecule has 0 bridgehead atoms. The molecular weight excluding hydrogens is 418 g/mol. The number of hydrogen-bond acceptors (Lipinski definition) is 4. The summed E-state index contributed by atoms with van der Waals surface area (Å²) in [5.74, 6) is -2.65. The molecule has 2 heterocycles. The zero-order valence-electron chi connectivity index (χ0n) is 15.0. The number of anilines is 1. The van der Waals surface area contributed by atoms with Gasteiger partial charge in [0.2, 0.25) is 5.91 Å². The van der Waals surface area contributed by atoms with Gasteiger partial charge in [-0.3, -0.25) is 4.79 Å². The third-order valence-corrected chi connectivity index (χ3v) is 8.00. The van der Waals surface area contributed by atoms with Crippen LogP contribution >= 0.6 is 11.3 Å². The molecule has 1 atom stereocenters. The Morgan fingerprint density at radius 1 is 1.00 bits per heavy atom. The van der Waals surface area contributed by atoms with Gasteiger partial charge in [-0.15, -0.1) is 11.3 Å². The lowest BCUT2D eigenvalue weighted by Crippen LogP contribution is -2.50. The van der Waals surface area contributed by atoms with Crippen molar-refractivity contribution in [3.63, 3.8) is 0 Å². The predicted octanol–water partition coefficient (Wildman–Crippen LogP) is 3.78. The number of hydrogen-bond donors (Lipinski definition) is 1. The van der Waals surface area contributed by atoms with E-state index in [1.54, 1.807) is 29.6 Å². The summed E-state index contributed by atoms with van der Waals surface area (Å²) in [6, 6.07) is 12.4. The molecule has 0 spiro atoms. The molecular formula is C20H16F2N2O3S2. The molecule has 150 valence electrons. The lowest BCUT2D eigenvalue weighted by atomic mass is 9.95. The molecule has 1 amide bonds. The third kappa shape index (κ3) is 3.68. The fraction of sp³-hybridized carbons (Fsp3) is 0.150. The van der Waals surface area contributed by atoms with Gasteiger partial charge >= 0.3 is 0 Å². The van der Waals surface area contributed by atoms with E-state index >= 15 is 0 Å². The van der Waals surface area contributed by atoms with Gasteiger partial charge in [-0.05, 0) is 41.1 Å². The van der Waals surface area contributed by atoms with Gasteiger partial charge in [0.05, 0.1) is 0 Å². The van der Waals surface area contributed by atoms with Gasteiger partial charge in [0.25, 0.3) is 10.0 Å². The maximum absolute atomic E-state index is 14.0. The van der Waals surface area contributed by atoms with Gasteiger partial charge in [-0.2, -0.15) is 4.31 Å². The van der Waals surface area contributed by atoms with E-state index in [0.717, 1.165) is 38.9 Å². The monoisotopic (exact) mass is 434 g/mol. The van der Waals surface area contributed by atoms with E-state index in [0.29, 0.717) is 0 Å². The molecule has 9 heteroatoms. The summed E-state index contributed by atoms with van der Waals surface area (Å²) in [5.41, 5.74) is 1.01. The van der Waals surface area contributed by atoms with Crippen LogP contribution in [0.3, 0.4) is 0 Å². The topological polar surface area (TPSA) is 66.5 Å². The van der Waals surface area contributed by atoms with Crippen LogP contribution in [0.1, 0.15) is 11.1 Å². The number of carbonyl (C=O) groups is 1. The fourth-order valence-electron chi connectivity index (χ4n) is 3.32. The average Bonchev–Trinajstić information content (AvgIpc) is 3.25. The van der Waals surface area contributed by atoms with Crippen LogP contribution in [0.25, 0.3) is 0 Å². The van der Waals surface area contributed by atoms with E-state index in [4.69, 9.17) is 0 Å². The number of rotatable bonds is 4. The number of benzene rings is 2. The third-order valence-electron chi connectivity index (χ3n) is 4.78. The zero-order chi connectivity index (χ0) is 20.6. The molecule has 0 fully saturated rings. The molecule has 1 aromatic heterocycles. The minimum atomic E-state index is -3.96. The summed E-state index contributed by atoms with van der Waals surface area (Å²) < 4.78 is 55.5. The minimum Gasteiger partial charge on any atom is -0.320 e. The average molecular weight is 434 g/mol. The summed E-state index contributed by atoms with van der Waals surface area (Å²) in [4.78, 5) is 13.0. The zero-order valence-corrected chi connectivity index (χ0v) is 16.6. The lowest BCUT2D eigenvalue weighted by Gasteiger charge is -2.34. The molecule has 2 aromatic carbocycles. The van der Waals surface area contributed by atoms with Crippen LogP contribution < -0.4 is 5.32 Å². The Kier molecular flexibility index (Phi) is 5.20. The van der Waals surface area contributed by atoms with Crippen molar-refractivity contribution in [1.82, 2.24) is 4.31 Å². The summed E-state index contributed by atoms with van der Waals surface area (Å²) in [5, 5.41) is 3.87. The smallest absolute Gasteiger partial charge is 0.253 e. The highest BCUT2D eigenvalue weighted by molar-refractivity contribution is 7.91. The van der Waals surface area contributed by atoms with Crippen LogP contribution in [0.2, 0.25) is 0 Å². The van der Waals surface area contributed by atoms with Crippen molar-refractivity contribution in [3.05, 3.63) is 82.7 Å². The van der Waals surface area contributed by atoms with Crippen molar-refractivity contribution in [2.45, 2.75) is 23.2 Å². The number of fused-ring (bicyclic) bond motifs is 1. The van der Waals surface area contributed by atoms with E-state index in [9.17, 15) is 22.0 Å². The van der Waals surface area contributed by atoms with Gasteiger partial charge < -0.3 is 5.32 Å². The first kappa shape index (κ1) is 19.7. The molecule has 4 rings (SSSR count). The summed E-state index contributed by atoms with van der Waals surface area (Å²) in [6.07, 6.45) is 0.0999. The van der Waals surface area contributed by atoms with Crippen LogP contribution in [-0.2, 0) is 27.8 Å². The van der Waals surface area contributed by atoms with E-state index in [1.165, 1.54) is 12.1 Å². The van der Waals surface area contributed by atoms with Gasteiger partial charge in [0.1, 0.15) is 27.6 Å². The van der Waals surface area contributed by atoms with Crippen LogP contribution in [0, 0.1) is 11.6 Å². The second-order valence-electron chi connectivity index (χ2n) is 6.56. The molecule has 0 aliphatic carbocycles. The standard InChI is InChI=1S/C20H16F2N2O3S2/c21-15-7-3-8-16(22)19(15)23-20(25)17-11-13-5-1-2-6-14(13)12-24(17)29(26,27)18-9-4-10-28-18/h1-10,17H,11-12H2,(H,23,25)/t17-/m1/s1. The Labute approximate surface area is 170 Å². The largest absolute Gasteiger partial charge is 0.320 e. The van der Waals surface area contributed by atoms with E-state index in [2.05, 4.69) is 5.32 Å². The number of carbonyl (C=O) groups excluding carboxylic acids is 1. The Bertz CT molecular complexity index is 1140. The number of nitrogens with one attached hydrogen (secondary N) is 1. The van der Waals surface area contributed by atoms with Crippen LogP contribution in [0.15, 0.2) is 64.2 Å². The van der Waals surface area contributed by atoms with Crippen LogP contribution in [0.5, 0.6) is 0 Å². The predicted molar refractivity (Wildman–Crippen MR) is 106 cm³/mol. The number of amides is 1. The highest BCUT2D eigenvalue weighted by Gasteiger charge is 2.40. The summed E-state index contributed by atoms with van der Waals surface area (Å²) in [6.45, 7) is -0.00571. The van der Waals surface area contributed by atoms with Gasteiger partial charge in [0, 0.05) is 6.54 Å². The number of nitrogens with zero attached hydrogens (tertiary/aromatic N) is 1. The molecule has 1 aliphatic heterocycles. The SMILES string of the molecule is O=C(Nc1c(F)cccc1F)[C@H]1Cc2ccccc2CN1S(=O)(=O)c1cccs1. The van der Waals surface area contributed by atoms with Crippen molar-refractivity contribution < 1.29 is 22.0 Å². The van der Waals surface area contributed by atoms with E-state index < -0.39 is 39.3 Å². The van der Waals surface area contributed by atoms with E-state index in [-0.39, 0.29) is 17.2 Å². The van der Waals surface area contributed by atoms with Crippen LogP contribution in [0.4, 0.5) is 14.5 Å². The summed E-state index contributed by atoms with van der Waals surface area (Å²) in [7, 11) is -3.96. The van der Waals surface area contributed by atoms with Gasteiger partial charge in [0.15, 0.2) is 0 Å². The van der Waals surface area contributed by atoms with E-state index in [1.807, 2.05) is 6.07 Å². The van der Waals surface area contributed by atoms with Crippen molar-refractivity contribution in [1.29, 1.82) is 0 Å². The fourth-order valence-corrected chi connectivity index (χ4v) is 6.01. The Morgan fingerprint density at radius 2 is 1.69 bits per heavy atom. The molecule has 1 N–H and O–H groups in total. The molecule has 0 saturated carbocycles. The molecule has 0 unspecified atom stereocenters. The number of sulfonamides is 1. The molecule has 29 heavy (non-hydrogen) atoms. The maximum atomic E-state index is 14.0. The Morgan fingerprint density at radius 3 is 2.34 bits per heavy atom.